The standard InChI is InChI=1S/C9H12N2O3S/c1-7(6-15)4-10-3-2-9(12)8(5-10)11(13)14/h2-3,5,7,15H,4,6H2,1H3. The Balaban J connectivity index is 2.98. The molecule has 0 spiro atoms. The molecule has 1 aromatic heterocycles. The van der Waals surface area contributed by atoms with Crippen molar-refractivity contribution in [3.8, 4) is 0 Å². The molecule has 6 heteroatoms. The third kappa shape index (κ3) is 3.09. The van der Waals surface area contributed by atoms with Gasteiger partial charge in [-0.25, -0.2) is 0 Å². The molecule has 0 aliphatic heterocycles. The monoisotopic (exact) mass is 228 g/mol. The summed E-state index contributed by atoms with van der Waals surface area (Å²) < 4.78 is 1.64. The third-order valence-corrected chi connectivity index (χ3v) is 2.61. The van der Waals surface area contributed by atoms with Gasteiger partial charge in [-0.1, -0.05) is 6.92 Å². The van der Waals surface area contributed by atoms with E-state index in [4.69, 9.17) is 0 Å². The second-order valence-corrected chi connectivity index (χ2v) is 3.80. The van der Waals surface area contributed by atoms with E-state index in [2.05, 4.69) is 12.6 Å². The Morgan fingerprint density at radius 3 is 2.87 bits per heavy atom. The van der Waals surface area contributed by atoms with Crippen molar-refractivity contribution in [1.29, 1.82) is 0 Å². The van der Waals surface area contributed by atoms with Gasteiger partial charge in [0.05, 0.1) is 11.1 Å². The van der Waals surface area contributed by atoms with Crippen molar-refractivity contribution in [2.24, 2.45) is 5.92 Å². The van der Waals surface area contributed by atoms with Crippen molar-refractivity contribution in [2.45, 2.75) is 13.5 Å². The van der Waals surface area contributed by atoms with Gasteiger partial charge in [0, 0.05) is 18.8 Å². The van der Waals surface area contributed by atoms with Crippen LogP contribution in [0.1, 0.15) is 6.92 Å². The molecule has 0 aliphatic rings. The molecule has 0 fully saturated rings. The molecule has 1 aromatic rings. The molecule has 1 atom stereocenters. The molecule has 0 aliphatic carbocycles. The lowest BCUT2D eigenvalue weighted by molar-refractivity contribution is -0.386. The van der Waals surface area contributed by atoms with Crippen LogP contribution in [0.25, 0.3) is 0 Å². The first kappa shape index (κ1) is 11.8. The lowest BCUT2D eigenvalue weighted by atomic mass is 10.2. The maximum Gasteiger partial charge on any atom is 0.332 e. The van der Waals surface area contributed by atoms with Gasteiger partial charge in [-0.15, -0.1) is 0 Å². The van der Waals surface area contributed by atoms with Gasteiger partial charge < -0.3 is 4.57 Å². The lowest BCUT2D eigenvalue weighted by Gasteiger charge is -2.10. The molecule has 0 radical (unpaired) electrons. The molecule has 5 nitrogen and oxygen atoms in total. The van der Waals surface area contributed by atoms with Crippen molar-refractivity contribution in [1.82, 2.24) is 4.57 Å². The van der Waals surface area contributed by atoms with E-state index in [9.17, 15) is 14.9 Å². The molecule has 0 amide bonds. The van der Waals surface area contributed by atoms with Crippen molar-refractivity contribution >= 4 is 18.3 Å². The van der Waals surface area contributed by atoms with Gasteiger partial charge in [0.15, 0.2) is 0 Å². The van der Waals surface area contributed by atoms with Gasteiger partial charge in [0.1, 0.15) is 0 Å². The molecule has 0 bridgehead atoms. The van der Waals surface area contributed by atoms with E-state index >= 15 is 0 Å². The minimum Gasteiger partial charge on any atom is -0.348 e. The minimum absolute atomic E-state index is 0.301. The largest absolute Gasteiger partial charge is 0.348 e. The number of aromatic nitrogens is 1. The summed E-state index contributed by atoms with van der Waals surface area (Å²) in [7, 11) is 0. The van der Waals surface area contributed by atoms with Crippen molar-refractivity contribution in [3.63, 3.8) is 0 Å². The number of hydrogen-bond acceptors (Lipinski definition) is 4. The molecule has 0 saturated heterocycles. The number of rotatable bonds is 4. The average molecular weight is 228 g/mol. The first-order chi connectivity index (χ1) is 7.04. The summed E-state index contributed by atoms with van der Waals surface area (Å²) in [6, 6.07) is 1.21. The molecular formula is C9H12N2O3S. The Labute approximate surface area is 92.3 Å². The highest BCUT2D eigenvalue weighted by molar-refractivity contribution is 7.80. The summed E-state index contributed by atoms with van der Waals surface area (Å²) in [5.74, 6) is 0.996. The van der Waals surface area contributed by atoms with Crippen LogP contribution in [-0.2, 0) is 6.54 Å². The number of nitrogens with zero attached hydrogens (tertiary/aromatic N) is 2. The first-order valence-electron chi connectivity index (χ1n) is 4.50. The van der Waals surface area contributed by atoms with Crippen molar-refractivity contribution in [2.75, 3.05) is 5.75 Å². The van der Waals surface area contributed by atoms with E-state index in [1.165, 1.54) is 12.3 Å². The van der Waals surface area contributed by atoms with Crippen molar-refractivity contribution in [3.05, 3.63) is 38.8 Å². The van der Waals surface area contributed by atoms with Crippen LogP contribution in [-0.4, -0.2) is 15.2 Å². The number of hydrogen-bond donors (Lipinski definition) is 1. The van der Waals surface area contributed by atoms with E-state index in [0.717, 1.165) is 0 Å². The molecular weight excluding hydrogens is 216 g/mol. The summed E-state index contributed by atoms with van der Waals surface area (Å²) in [4.78, 5) is 20.9. The molecule has 1 heterocycles. The zero-order valence-corrected chi connectivity index (χ0v) is 9.18. The first-order valence-corrected chi connectivity index (χ1v) is 5.13. The maximum absolute atomic E-state index is 11.1. The minimum atomic E-state index is -0.663. The van der Waals surface area contributed by atoms with E-state index in [0.29, 0.717) is 18.2 Å². The van der Waals surface area contributed by atoms with E-state index in [-0.39, 0.29) is 5.69 Å². The average Bonchev–Trinajstić information content (AvgIpc) is 2.20. The zero-order chi connectivity index (χ0) is 11.4. The molecule has 0 N–H and O–H groups in total. The molecule has 15 heavy (non-hydrogen) atoms. The predicted molar refractivity (Wildman–Crippen MR) is 60.4 cm³/mol. The second kappa shape index (κ2) is 4.97. The second-order valence-electron chi connectivity index (χ2n) is 3.44. The van der Waals surface area contributed by atoms with Crippen molar-refractivity contribution < 1.29 is 4.92 Å². The van der Waals surface area contributed by atoms with Crippen LogP contribution in [0, 0.1) is 16.0 Å². The van der Waals surface area contributed by atoms with Gasteiger partial charge in [-0.2, -0.15) is 12.6 Å². The summed E-state index contributed by atoms with van der Waals surface area (Å²) in [6.07, 6.45) is 2.82. The number of pyridine rings is 1. The molecule has 1 unspecified atom stereocenters. The fourth-order valence-electron chi connectivity index (χ4n) is 1.18. The van der Waals surface area contributed by atoms with E-state index < -0.39 is 10.4 Å². The molecule has 82 valence electrons. The summed E-state index contributed by atoms with van der Waals surface area (Å²) in [5, 5.41) is 10.5. The fraction of sp³-hybridized carbons (Fsp3) is 0.444. The fourth-order valence-corrected chi connectivity index (χ4v) is 1.30. The number of nitro groups is 1. The van der Waals surface area contributed by atoms with Crippen LogP contribution in [0.5, 0.6) is 0 Å². The molecule has 1 rings (SSSR count). The SMILES string of the molecule is CC(CS)Cn1ccc(=O)c([N+](=O)[O-])c1. The Hall–Kier alpha value is -1.30. The quantitative estimate of drug-likeness (QED) is 0.480. The Morgan fingerprint density at radius 2 is 2.33 bits per heavy atom. The van der Waals surface area contributed by atoms with Gasteiger partial charge in [-0.3, -0.25) is 14.9 Å². The highest BCUT2D eigenvalue weighted by Gasteiger charge is 2.12. The Kier molecular flexibility index (Phi) is 3.90. The van der Waals surface area contributed by atoms with Gasteiger partial charge in [-0.05, 0) is 11.7 Å². The Morgan fingerprint density at radius 1 is 1.67 bits per heavy atom. The van der Waals surface area contributed by atoms with Crippen LogP contribution < -0.4 is 5.43 Å². The number of thiol groups is 1. The molecule has 0 saturated carbocycles. The third-order valence-electron chi connectivity index (χ3n) is 1.99. The summed E-state index contributed by atoms with van der Waals surface area (Å²) in [6.45, 7) is 2.60. The highest BCUT2D eigenvalue weighted by Crippen LogP contribution is 2.06. The van der Waals surface area contributed by atoms with Crippen LogP contribution in [0.4, 0.5) is 5.69 Å². The Bertz CT molecular complexity index is 416. The summed E-state index contributed by atoms with van der Waals surface area (Å²) >= 11 is 4.12. The van der Waals surface area contributed by atoms with Crippen LogP contribution >= 0.6 is 12.6 Å². The smallest absolute Gasteiger partial charge is 0.332 e. The lowest BCUT2D eigenvalue weighted by Crippen LogP contribution is -2.14. The van der Waals surface area contributed by atoms with Crippen LogP contribution in [0.15, 0.2) is 23.3 Å². The molecule has 0 aromatic carbocycles. The van der Waals surface area contributed by atoms with E-state index in [1.807, 2.05) is 6.92 Å². The van der Waals surface area contributed by atoms with E-state index in [1.54, 1.807) is 10.8 Å². The topological polar surface area (TPSA) is 65.1 Å². The van der Waals surface area contributed by atoms with Gasteiger partial charge in [0.2, 0.25) is 0 Å². The maximum atomic E-state index is 11.1. The predicted octanol–water partition coefficient (Wildman–Crippen LogP) is 1.32. The van der Waals surface area contributed by atoms with Gasteiger partial charge >= 0.3 is 5.69 Å². The zero-order valence-electron chi connectivity index (χ0n) is 8.29. The highest BCUT2D eigenvalue weighted by atomic mass is 32.1. The van der Waals surface area contributed by atoms with Crippen LogP contribution in [0.3, 0.4) is 0 Å². The normalized spacial score (nSPS) is 12.4. The van der Waals surface area contributed by atoms with Crippen LogP contribution in [0.2, 0.25) is 0 Å². The summed E-state index contributed by atoms with van der Waals surface area (Å²) in [5.41, 5.74) is -0.946. The van der Waals surface area contributed by atoms with Gasteiger partial charge in [0.25, 0.3) is 5.43 Å².